The first-order chi connectivity index (χ1) is 19.6. The summed E-state index contributed by atoms with van der Waals surface area (Å²) < 4.78 is 0. The largest absolute Gasteiger partial charge is 0.391 e. The van der Waals surface area contributed by atoms with Crippen LogP contribution in [0.25, 0.3) is 10.4 Å². The lowest BCUT2D eigenvalue weighted by molar-refractivity contribution is -0.138. The minimum Gasteiger partial charge on any atom is -0.391 e. The molecule has 1 aromatic heterocycles. The first-order valence-electron chi connectivity index (χ1n) is 13.9. The zero-order valence-corrected chi connectivity index (χ0v) is 24.3. The number of thiazole rings is 1. The van der Waals surface area contributed by atoms with Crippen LogP contribution in [0.2, 0.25) is 0 Å². The Morgan fingerprint density at radius 2 is 1.88 bits per heavy atom. The second-order valence-electron chi connectivity index (χ2n) is 11.5. The highest BCUT2D eigenvalue weighted by Gasteiger charge is 2.49. The van der Waals surface area contributed by atoms with Gasteiger partial charge in [0.1, 0.15) is 11.9 Å². The summed E-state index contributed by atoms with van der Waals surface area (Å²) in [6.45, 7) is 8.03. The van der Waals surface area contributed by atoms with Crippen LogP contribution >= 0.6 is 11.3 Å². The van der Waals surface area contributed by atoms with E-state index >= 15 is 0 Å². The van der Waals surface area contributed by atoms with Gasteiger partial charge < -0.3 is 20.2 Å². The average molecular weight is 572 g/mol. The highest BCUT2D eigenvalue weighted by atomic mass is 32.1. The number of carbonyl (C=O) groups excluding carboxylic acids is 3. The minimum absolute atomic E-state index is 0.107. The molecule has 0 spiro atoms. The predicted molar refractivity (Wildman–Crippen MR) is 156 cm³/mol. The monoisotopic (exact) mass is 571 g/mol. The van der Waals surface area contributed by atoms with Crippen molar-refractivity contribution < 1.29 is 19.5 Å². The van der Waals surface area contributed by atoms with Crippen molar-refractivity contribution in [2.75, 3.05) is 6.54 Å². The van der Waals surface area contributed by atoms with Crippen LogP contribution in [0.5, 0.6) is 0 Å². The third-order valence-electron chi connectivity index (χ3n) is 8.43. The Bertz CT molecular complexity index is 1560. The van der Waals surface area contributed by atoms with Crippen LogP contribution in [0.15, 0.2) is 59.0 Å². The fraction of sp³-hybridized carbons (Fsp3) is 0.387. The number of rotatable bonds is 6. The van der Waals surface area contributed by atoms with E-state index in [0.29, 0.717) is 17.9 Å². The molecule has 212 valence electrons. The topological polar surface area (TPSA) is 115 Å². The number of amides is 3. The molecule has 4 heterocycles. The van der Waals surface area contributed by atoms with E-state index in [9.17, 15) is 19.5 Å². The zero-order valence-electron chi connectivity index (χ0n) is 23.5. The summed E-state index contributed by atoms with van der Waals surface area (Å²) in [7, 11) is 0. The molecule has 10 heteroatoms. The molecule has 41 heavy (non-hydrogen) atoms. The molecular weight excluding hydrogens is 538 g/mol. The van der Waals surface area contributed by atoms with Gasteiger partial charge in [0.2, 0.25) is 5.91 Å². The number of fused-ring (bicyclic) bond motifs is 1. The Balaban J connectivity index is 1.27. The molecule has 0 radical (unpaired) electrons. The molecule has 0 saturated carbocycles. The summed E-state index contributed by atoms with van der Waals surface area (Å²) in [5.74, 6) is -0.500. The Kier molecular flexibility index (Phi) is 6.78. The molecule has 2 unspecified atom stereocenters. The Labute approximate surface area is 242 Å². The van der Waals surface area contributed by atoms with E-state index in [1.807, 2.05) is 68.7 Å². The van der Waals surface area contributed by atoms with Crippen molar-refractivity contribution in [2.24, 2.45) is 10.9 Å². The van der Waals surface area contributed by atoms with Crippen LogP contribution in [0.1, 0.15) is 54.4 Å². The summed E-state index contributed by atoms with van der Waals surface area (Å²) in [6, 6.07) is 13.8. The maximum absolute atomic E-state index is 14.1. The third-order valence-corrected chi connectivity index (χ3v) is 9.41. The van der Waals surface area contributed by atoms with Gasteiger partial charge >= 0.3 is 0 Å². The zero-order chi connectivity index (χ0) is 29.1. The molecule has 1 saturated heterocycles. The highest BCUT2D eigenvalue weighted by Crippen LogP contribution is 2.36. The summed E-state index contributed by atoms with van der Waals surface area (Å²) in [5.41, 5.74) is 4.85. The molecule has 0 aliphatic carbocycles. The first-order valence-corrected chi connectivity index (χ1v) is 14.8. The van der Waals surface area contributed by atoms with Gasteiger partial charge in [0.05, 0.1) is 28.2 Å². The summed E-state index contributed by atoms with van der Waals surface area (Å²) >= 11 is 1.57. The SMILES string of the molecule is Cc1ncsc1-c1ccc([C@]2(C)N=C(C3C[C@@H](O)CN3C(=O)C(C(C)C)N3Cc4ccccc4C3=O)NC2=O)cc1. The van der Waals surface area contributed by atoms with Gasteiger partial charge in [0.25, 0.3) is 11.8 Å². The van der Waals surface area contributed by atoms with E-state index in [4.69, 9.17) is 4.99 Å². The van der Waals surface area contributed by atoms with Crippen LogP contribution in [0.3, 0.4) is 0 Å². The number of nitrogens with zero attached hydrogens (tertiary/aromatic N) is 4. The van der Waals surface area contributed by atoms with Gasteiger partial charge in [-0.05, 0) is 42.5 Å². The number of nitrogens with one attached hydrogen (secondary N) is 1. The molecule has 2 aromatic carbocycles. The van der Waals surface area contributed by atoms with Crippen molar-refractivity contribution in [1.29, 1.82) is 0 Å². The number of aryl methyl sites for hydroxylation is 1. The van der Waals surface area contributed by atoms with Crippen LogP contribution < -0.4 is 5.32 Å². The van der Waals surface area contributed by atoms with Crippen molar-refractivity contribution in [3.63, 3.8) is 0 Å². The molecule has 4 atom stereocenters. The molecule has 2 N–H and O–H groups in total. The van der Waals surface area contributed by atoms with E-state index in [2.05, 4.69) is 10.3 Å². The highest BCUT2D eigenvalue weighted by molar-refractivity contribution is 7.13. The number of benzene rings is 2. The smallest absolute Gasteiger partial charge is 0.257 e. The number of carbonyl (C=O) groups is 3. The number of hydrogen-bond acceptors (Lipinski definition) is 7. The number of aliphatic imine (C=N–C) groups is 1. The van der Waals surface area contributed by atoms with Crippen LogP contribution in [-0.4, -0.2) is 68.2 Å². The number of aromatic nitrogens is 1. The van der Waals surface area contributed by atoms with Gasteiger partial charge in [-0.25, -0.2) is 9.98 Å². The lowest BCUT2D eigenvalue weighted by atomic mass is 9.91. The number of hydrogen-bond donors (Lipinski definition) is 2. The van der Waals surface area contributed by atoms with E-state index < -0.39 is 23.7 Å². The maximum atomic E-state index is 14.1. The number of β-amino-alcohol motifs (C(OH)–C–C–N with tert-alkyl or cyclic N) is 1. The molecular formula is C31H33N5O4S. The van der Waals surface area contributed by atoms with Gasteiger partial charge in [-0.15, -0.1) is 11.3 Å². The van der Waals surface area contributed by atoms with Crippen molar-refractivity contribution in [3.8, 4) is 10.4 Å². The maximum Gasteiger partial charge on any atom is 0.257 e. The Hall–Kier alpha value is -3.89. The molecule has 6 rings (SSSR count). The third kappa shape index (κ3) is 4.55. The Morgan fingerprint density at radius 3 is 2.54 bits per heavy atom. The number of aliphatic hydroxyl groups excluding tert-OH is 1. The number of aliphatic hydroxyl groups is 1. The Morgan fingerprint density at radius 1 is 1.15 bits per heavy atom. The van der Waals surface area contributed by atoms with Crippen molar-refractivity contribution in [2.45, 2.75) is 64.4 Å². The second-order valence-corrected chi connectivity index (χ2v) is 12.4. The fourth-order valence-electron chi connectivity index (χ4n) is 6.20. The van der Waals surface area contributed by atoms with Crippen molar-refractivity contribution >= 4 is 34.9 Å². The number of likely N-dealkylation sites (tertiary alicyclic amines) is 1. The lowest BCUT2D eigenvalue weighted by Gasteiger charge is -2.35. The normalized spacial score (nSPS) is 24.6. The summed E-state index contributed by atoms with van der Waals surface area (Å²) in [4.78, 5) is 54.2. The molecule has 0 bridgehead atoms. The second kappa shape index (κ2) is 10.2. The fourth-order valence-corrected chi connectivity index (χ4v) is 7.01. The van der Waals surface area contributed by atoms with E-state index in [-0.39, 0.29) is 36.6 Å². The van der Waals surface area contributed by atoms with Gasteiger partial charge in [-0.3, -0.25) is 14.4 Å². The van der Waals surface area contributed by atoms with Gasteiger partial charge in [0.15, 0.2) is 5.54 Å². The van der Waals surface area contributed by atoms with Crippen molar-refractivity contribution in [3.05, 3.63) is 76.4 Å². The van der Waals surface area contributed by atoms with E-state index in [1.165, 1.54) is 0 Å². The molecule has 3 aliphatic heterocycles. The van der Waals surface area contributed by atoms with Gasteiger partial charge in [0, 0.05) is 25.1 Å². The molecule has 1 fully saturated rings. The van der Waals surface area contributed by atoms with Gasteiger partial charge in [-0.1, -0.05) is 56.3 Å². The first kappa shape index (κ1) is 27.3. The quantitative estimate of drug-likeness (QED) is 0.470. The van der Waals surface area contributed by atoms with Gasteiger partial charge in [-0.2, -0.15) is 0 Å². The standard InChI is InChI=1S/C31H33N5O4S/c1-17(2)25(36-14-20-7-5-6-8-23(20)28(36)38)29(39)35-15-22(37)13-24(35)27-33-30(40)31(4,34-27)21-11-9-19(10-12-21)26-18(3)32-16-41-26/h5-12,16-17,22,24-25,37H,13-15H2,1-4H3,(H,33,34,40)/t22-,24?,25?,31+/m1/s1. The van der Waals surface area contributed by atoms with Crippen molar-refractivity contribution in [1.82, 2.24) is 20.1 Å². The van der Waals surface area contributed by atoms with Crippen LogP contribution in [0.4, 0.5) is 0 Å². The predicted octanol–water partition coefficient (Wildman–Crippen LogP) is 3.50. The molecule has 3 amide bonds. The number of amidine groups is 1. The van der Waals surface area contributed by atoms with Crippen LogP contribution in [0, 0.1) is 12.8 Å². The average Bonchev–Trinajstić information content (AvgIpc) is 3.71. The lowest BCUT2D eigenvalue weighted by Crippen LogP contribution is -2.55. The minimum atomic E-state index is -1.18. The summed E-state index contributed by atoms with van der Waals surface area (Å²) in [5, 5.41) is 13.6. The molecule has 9 nitrogen and oxygen atoms in total. The summed E-state index contributed by atoms with van der Waals surface area (Å²) in [6.07, 6.45) is -0.514. The molecule has 3 aromatic rings. The molecule has 3 aliphatic rings. The van der Waals surface area contributed by atoms with Crippen LogP contribution in [-0.2, 0) is 21.7 Å². The van der Waals surface area contributed by atoms with E-state index in [1.54, 1.807) is 34.1 Å². The van der Waals surface area contributed by atoms with E-state index in [0.717, 1.165) is 27.3 Å².